The number of pyridine rings is 1. The number of fused-ring (bicyclic) bond motifs is 1. The number of hydrogen-bond acceptors (Lipinski definition) is 3. The number of hydrogen-bond donors (Lipinski definition) is 1. The molecule has 23 heavy (non-hydrogen) atoms. The molecule has 8 heteroatoms. The van der Waals surface area contributed by atoms with Crippen molar-refractivity contribution in [3.05, 3.63) is 63.7 Å². The second-order valence-electron chi connectivity index (χ2n) is 4.68. The molecule has 118 valence electrons. The van der Waals surface area contributed by atoms with Gasteiger partial charge in [0.1, 0.15) is 4.90 Å². The average molecular weight is 388 g/mol. The van der Waals surface area contributed by atoms with Crippen molar-refractivity contribution in [1.29, 1.82) is 0 Å². The predicted molar refractivity (Wildman–Crippen MR) is 94.0 cm³/mol. The van der Waals surface area contributed by atoms with Gasteiger partial charge in [-0.25, -0.2) is 8.42 Å². The Labute approximate surface area is 148 Å². The molecule has 0 saturated carbocycles. The fourth-order valence-corrected chi connectivity index (χ4v) is 4.43. The molecule has 1 N–H and O–H groups in total. The number of nitrogens with one attached hydrogen (secondary N) is 1. The third-order valence-electron chi connectivity index (χ3n) is 3.13. The summed E-state index contributed by atoms with van der Waals surface area (Å²) in [5, 5.41) is 1.25. The molecule has 0 spiro atoms. The molecule has 0 bridgehead atoms. The minimum Gasteiger partial charge on any atom is -0.277 e. The zero-order chi connectivity index (χ0) is 16.6. The fraction of sp³-hybridized carbons (Fsp3) is 0. The second-order valence-corrected chi connectivity index (χ2v) is 7.58. The van der Waals surface area contributed by atoms with Gasteiger partial charge in [0.15, 0.2) is 0 Å². The summed E-state index contributed by atoms with van der Waals surface area (Å²) in [5.74, 6) is 0. The normalized spacial score (nSPS) is 11.6. The van der Waals surface area contributed by atoms with Gasteiger partial charge in [-0.2, -0.15) is 0 Å². The Morgan fingerprint density at radius 1 is 0.957 bits per heavy atom. The molecule has 2 aromatic carbocycles. The molecular weight excluding hydrogens is 379 g/mol. The molecular formula is C15H9Cl3N2O2S. The Bertz CT molecular complexity index is 978. The molecule has 4 nitrogen and oxygen atoms in total. The van der Waals surface area contributed by atoms with Crippen molar-refractivity contribution >= 4 is 61.4 Å². The van der Waals surface area contributed by atoms with Crippen LogP contribution in [0.4, 0.5) is 5.69 Å². The van der Waals surface area contributed by atoms with Gasteiger partial charge in [-0.3, -0.25) is 9.71 Å². The third-order valence-corrected chi connectivity index (χ3v) is 5.32. The molecule has 0 aliphatic heterocycles. The van der Waals surface area contributed by atoms with Crippen LogP contribution in [-0.2, 0) is 10.0 Å². The number of halogens is 3. The van der Waals surface area contributed by atoms with Crippen LogP contribution in [0.1, 0.15) is 0 Å². The Morgan fingerprint density at radius 2 is 1.61 bits per heavy atom. The highest BCUT2D eigenvalue weighted by molar-refractivity contribution is 7.93. The Hall–Kier alpha value is -1.53. The first-order chi connectivity index (χ1) is 10.9. The molecule has 1 aromatic heterocycles. The van der Waals surface area contributed by atoms with Gasteiger partial charge in [0.2, 0.25) is 0 Å². The van der Waals surface area contributed by atoms with E-state index in [-0.39, 0.29) is 20.6 Å². The summed E-state index contributed by atoms with van der Waals surface area (Å²) in [6.07, 6.45) is 1.53. The van der Waals surface area contributed by atoms with Gasteiger partial charge in [0.05, 0.1) is 21.2 Å². The summed E-state index contributed by atoms with van der Waals surface area (Å²) in [4.78, 5) is 4.18. The van der Waals surface area contributed by atoms with Crippen LogP contribution in [0, 0.1) is 0 Å². The highest BCUT2D eigenvalue weighted by Gasteiger charge is 2.21. The van der Waals surface area contributed by atoms with Crippen LogP contribution in [0.15, 0.2) is 53.6 Å². The summed E-state index contributed by atoms with van der Waals surface area (Å²) in [5.41, 5.74) is 0.439. The van der Waals surface area contributed by atoms with E-state index in [1.807, 2.05) is 0 Å². The molecule has 3 rings (SSSR count). The molecule has 0 fully saturated rings. The van der Waals surface area contributed by atoms with Crippen LogP contribution in [0.3, 0.4) is 0 Å². The zero-order valence-electron chi connectivity index (χ0n) is 11.4. The van der Waals surface area contributed by atoms with E-state index in [0.717, 1.165) is 0 Å². The number of benzene rings is 2. The van der Waals surface area contributed by atoms with Gasteiger partial charge in [0.25, 0.3) is 10.0 Å². The number of sulfonamides is 1. The van der Waals surface area contributed by atoms with Gasteiger partial charge < -0.3 is 0 Å². The van der Waals surface area contributed by atoms with Crippen LogP contribution in [-0.4, -0.2) is 13.4 Å². The Kier molecular flexibility index (Phi) is 4.38. The minimum absolute atomic E-state index is 0.0395. The lowest BCUT2D eigenvalue weighted by Crippen LogP contribution is -2.14. The van der Waals surface area contributed by atoms with E-state index in [1.165, 1.54) is 24.4 Å². The van der Waals surface area contributed by atoms with Crippen LogP contribution >= 0.6 is 34.8 Å². The summed E-state index contributed by atoms with van der Waals surface area (Å²) < 4.78 is 27.8. The molecule has 0 unspecified atom stereocenters. The molecule has 1 heterocycles. The highest BCUT2D eigenvalue weighted by Crippen LogP contribution is 2.35. The van der Waals surface area contributed by atoms with Crippen LogP contribution in [0.5, 0.6) is 0 Å². The first-order valence-corrected chi connectivity index (χ1v) is 9.01. The third kappa shape index (κ3) is 3.23. The molecule has 0 radical (unpaired) electrons. The van der Waals surface area contributed by atoms with Crippen LogP contribution in [0.25, 0.3) is 10.9 Å². The summed E-state index contributed by atoms with van der Waals surface area (Å²) >= 11 is 17.9. The van der Waals surface area contributed by atoms with Gasteiger partial charge in [-0.1, -0.05) is 53.0 Å². The van der Waals surface area contributed by atoms with Crippen molar-refractivity contribution in [2.75, 3.05) is 4.72 Å². The van der Waals surface area contributed by atoms with E-state index >= 15 is 0 Å². The van der Waals surface area contributed by atoms with Gasteiger partial charge in [-0.15, -0.1) is 0 Å². The van der Waals surface area contributed by atoms with Crippen molar-refractivity contribution < 1.29 is 8.42 Å². The maximum absolute atomic E-state index is 12.7. The van der Waals surface area contributed by atoms with Crippen LogP contribution < -0.4 is 4.72 Å². The first-order valence-electron chi connectivity index (χ1n) is 6.39. The standard InChI is InChI=1S/C15H9Cl3N2O2S/c16-10-7-11(17)15(12(18)8-10)20-23(21,22)13-5-1-3-9-4-2-6-19-14(9)13/h1-8,20H. The number of anilines is 1. The lowest BCUT2D eigenvalue weighted by Gasteiger charge is -2.13. The summed E-state index contributed by atoms with van der Waals surface area (Å²) in [6, 6.07) is 11.2. The molecule has 3 aromatic rings. The second kappa shape index (κ2) is 6.17. The highest BCUT2D eigenvalue weighted by atomic mass is 35.5. The monoisotopic (exact) mass is 386 g/mol. The van der Waals surface area contributed by atoms with Crippen molar-refractivity contribution in [3.8, 4) is 0 Å². The van der Waals surface area contributed by atoms with Gasteiger partial charge >= 0.3 is 0 Å². The van der Waals surface area contributed by atoms with E-state index in [9.17, 15) is 8.42 Å². The fourth-order valence-electron chi connectivity index (χ4n) is 2.12. The smallest absolute Gasteiger partial charge is 0.264 e. The van der Waals surface area contributed by atoms with Crippen molar-refractivity contribution in [3.63, 3.8) is 0 Å². The lowest BCUT2D eigenvalue weighted by molar-refractivity contribution is 0.602. The first kappa shape index (κ1) is 16.3. The summed E-state index contributed by atoms with van der Waals surface area (Å²) in [6.45, 7) is 0. The maximum Gasteiger partial charge on any atom is 0.264 e. The molecule has 0 atom stereocenters. The zero-order valence-corrected chi connectivity index (χ0v) is 14.5. The van der Waals surface area contributed by atoms with Crippen molar-refractivity contribution in [2.45, 2.75) is 4.90 Å². The molecule has 0 amide bonds. The van der Waals surface area contributed by atoms with Crippen molar-refractivity contribution in [2.24, 2.45) is 0 Å². The topological polar surface area (TPSA) is 59.1 Å². The summed E-state index contributed by atoms with van der Waals surface area (Å²) in [7, 11) is -3.92. The number of rotatable bonds is 3. The largest absolute Gasteiger partial charge is 0.277 e. The predicted octanol–water partition coefficient (Wildman–Crippen LogP) is 5.00. The quantitative estimate of drug-likeness (QED) is 0.688. The van der Waals surface area contributed by atoms with Crippen molar-refractivity contribution in [1.82, 2.24) is 4.98 Å². The van der Waals surface area contributed by atoms with Gasteiger partial charge in [0, 0.05) is 16.6 Å². The molecule has 0 saturated heterocycles. The molecule has 0 aliphatic carbocycles. The Morgan fingerprint density at radius 3 is 2.30 bits per heavy atom. The van der Waals surface area contributed by atoms with E-state index in [0.29, 0.717) is 15.9 Å². The minimum atomic E-state index is -3.92. The number of nitrogens with zero attached hydrogens (tertiary/aromatic N) is 1. The maximum atomic E-state index is 12.7. The van der Waals surface area contributed by atoms with E-state index in [4.69, 9.17) is 34.8 Å². The molecule has 0 aliphatic rings. The van der Waals surface area contributed by atoms with Crippen LogP contribution in [0.2, 0.25) is 15.1 Å². The van der Waals surface area contributed by atoms with E-state index in [1.54, 1.807) is 24.3 Å². The van der Waals surface area contributed by atoms with E-state index < -0.39 is 10.0 Å². The SMILES string of the molecule is O=S(=O)(Nc1c(Cl)cc(Cl)cc1Cl)c1cccc2cccnc12. The number of para-hydroxylation sites is 1. The Balaban J connectivity index is 2.12. The number of aromatic nitrogens is 1. The lowest BCUT2D eigenvalue weighted by atomic mass is 10.2. The van der Waals surface area contributed by atoms with E-state index in [2.05, 4.69) is 9.71 Å². The van der Waals surface area contributed by atoms with Gasteiger partial charge in [-0.05, 0) is 24.3 Å². The average Bonchev–Trinajstić information content (AvgIpc) is 2.50.